The summed E-state index contributed by atoms with van der Waals surface area (Å²) in [4.78, 5) is 23.4. The fourth-order valence-corrected chi connectivity index (χ4v) is 4.77. The van der Waals surface area contributed by atoms with Gasteiger partial charge in [-0.1, -0.05) is 13.3 Å². The number of fused-ring (bicyclic) bond motifs is 2. The summed E-state index contributed by atoms with van der Waals surface area (Å²) in [6.07, 6.45) is 5.56. The molecule has 3 nitrogen and oxygen atoms in total. The number of esters is 1. The molecule has 0 spiro atoms. The molecule has 1 saturated heterocycles. The first kappa shape index (κ1) is 12.2. The van der Waals surface area contributed by atoms with E-state index in [2.05, 4.69) is 6.92 Å². The zero-order valence-corrected chi connectivity index (χ0v) is 11.2. The molecule has 100 valence electrons. The zero-order chi connectivity index (χ0) is 12.9. The first-order valence-electron chi connectivity index (χ1n) is 7.27. The smallest absolute Gasteiger partial charge is 0.309 e. The molecule has 0 bridgehead atoms. The molecule has 0 aromatic rings. The summed E-state index contributed by atoms with van der Waals surface area (Å²) >= 11 is 0. The number of aldehydes is 1. The SMILES string of the molecule is C[C@@H]1CC[C@@H]2[C@@H](C1)C[C@H]1C(=O)O[C@H](C)[C@H]1[C@H]2C=O. The lowest BCUT2D eigenvalue weighted by molar-refractivity contribution is -0.144. The number of cyclic esters (lactones) is 1. The third kappa shape index (κ3) is 1.70. The second-order valence-electron chi connectivity index (χ2n) is 6.62. The zero-order valence-electron chi connectivity index (χ0n) is 11.2. The van der Waals surface area contributed by atoms with Gasteiger partial charge < -0.3 is 9.53 Å². The van der Waals surface area contributed by atoms with Crippen LogP contribution >= 0.6 is 0 Å². The van der Waals surface area contributed by atoms with Gasteiger partial charge in [0.15, 0.2) is 0 Å². The van der Waals surface area contributed by atoms with Crippen LogP contribution in [0.15, 0.2) is 0 Å². The Morgan fingerprint density at radius 2 is 2.00 bits per heavy atom. The van der Waals surface area contributed by atoms with Gasteiger partial charge in [0.1, 0.15) is 12.4 Å². The van der Waals surface area contributed by atoms with Crippen molar-refractivity contribution in [2.75, 3.05) is 0 Å². The van der Waals surface area contributed by atoms with Gasteiger partial charge >= 0.3 is 5.97 Å². The second kappa shape index (κ2) is 4.36. The van der Waals surface area contributed by atoms with E-state index in [4.69, 9.17) is 4.74 Å². The molecule has 0 aromatic carbocycles. The Hall–Kier alpha value is -0.860. The number of hydrogen-bond acceptors (Lipinski definition) is 3. The monoisotopic (exact) mass is 250 g/mol. The molecule has 1 aliphatic heterocycles. The molecule has 7 atom stereocenters. The summed E-state index contributed by atoms with van der Waals surface area (Å²) in [6, 6.07) is 0. The summed E-state index contributed by atoms with van der Waals surface area (Å²) in [7, 11) is 0. The van der Waals surface area contributed by atoms with Crippen molar-refractivity contribution in [2.24, 2.45) is 35.5 Å². The predicted molar refractivity (Wildman–Crippen MR) is 66.7 cm³/mol. The summed E-state index contributed by atoms with van der Waals surface area (Å²) < 4.78 is 5.38. The first-order chi connectivity index (χ1) is 8.61. The minimum atomic E-state index is -0.0713. The number of carbonyl (C=O) groups is 2. The predicted octanol–water partition coefficient (Wildman–Crippen LogP) is 2.44. The number of ether oxygens (including phenoxy) is 1. The number of rotatable bonds is 1. The van der Waals surface area contributed by atoms with Crippen molar-refractivity contribution in [3.05, 3.63) is 0 Å². The van der Waals surface area contributed by atoms with E-state index in [1.165, 1.54) is 12.8 Å². The van der Waals surface area contributed by atoms with E-state index in [-0.39, 0.29) is 29.8 Å². The highest BCUT2D eigenvalue weighted by atomic mass is 16.6. The van der Waals surface area contributed by atoms with E-state index in [9.17, 15) is 9.59 Å². The lowest BCUT2D eigenvalue weighted by atomic mass is 9.56. The van der Waals surface area contributed by atoms with Crippen LogP contribution in [0.2, 0.25) is 0 Å². The Labute approximate surface area is 108 Å². The molecule has 0 N–H and O–H groups in total. The van der Waals surface area contributed by atoms with Crippen LogP contribution in [0.3, 0.4) is 0 Å². The Morgan fingerprint density at radius 1 is 1.22 bits per heavy atom. The summed E-state index contributed by atoms with van der Waals surface area (Å²) in [5.41, 5.74) is 0. The van der Waals surface area contributed by atoms with Gasteiger partial charge in [-0.3, -0.25) is 4.79 Å². The lowest BCUT2D eigenvalue weighted by Crippen LogP contribution is -2.45. The van der Waals surface area contributed by atoms with Crippen LogP contribution in [0.4, 0.5) is 0 Å². The maximum atomic E-state index is 11.9. The van der Waals surface area contributed by atoms with Crippen LogP contribution in [0.1, 0.15) is 39.5 Å². The van der Waals surface area contributed by atoms with Crippen molar-refractivity contribution in [2.45, 2.75) is 45.6 Å². The maximum Gasteiger partial charge on any atom is 0.309 e. The lowest BCUT2D eigenvalue weighted by Gasteiger charge is -2.46. The topological polar surface area (TPSA) is 43.4 Å². The molecule has 2 aliphatic carbocycles. The molecule has 0 unspecified atom stereocenters. The Bertz CT molecular complexity index is 365. The van der Waals surface area contributed by atoms with Gasteiger partial charge in [0.2, 0.25) is 0 Å². The van der Waals surface area contributed by atoms with E-state index in [1.807, 2.05) is 6.92 Å². The highest BCUT2D eigenvalue weighted by Crippen LogP contribution is 2.53. The normalized spacial score (nSPS) is 51.2. The molecule has 3 rings (SSSR count). The van der Waals surface area contributed by atoms with Gasteiger partial charge in [-0.2, -0.15) is 0 Å². The largest absolute Gasteiger partial charge is 0.462 e. The van der Waals surface area contributed by atoms with Gasteiger partial charge in [-0.15, -0.1) is 0 Å². The standard InChI is InChI=1S/C15H22O3/c1-8-3-4-11-10(5-8)6-12-14(13(11)7-16)9(2)18-15(12)17/h7-14H,3-6H2,1-2H3/t8-,9-,10+,11-,12-,13+,14-/m1/s1. The van der Waals surface area contributed by atoms with Gasteiger partial charge in [0.25, 0.3) is 0 Å². The van der Waals surface area contributed by atoms with Crippen LogP contribution in [-0.2, 0) is 14.3 Å². The molecule has 0 aromatic heterocycles. The van der Waals surface area contributed by atoms with Crippen LogP contribution in [-0.4, -0.2) is 18.4 Å². The summed E-state index contributed by atoms with van der Waals surface area (Å²) in [6.45, 7) is 4.23. The molecule has 18 heavy (non-hydrogen) atoms. The van der Waals surface area contributed by atoms with Crippen molar-refractivity contribution < 1.29 is 14.3 Å². The van der Waals surface area contributed by atoms with Crippen LogP contribution in [0.5, 0.6) is 0 Å². The number of carbonyl (C=O) groups excluding carboxylic acids is 2. The minimum Gasteiger partial charge on any atom is -0.462 e. The van der Waals surface area contributed by atoms with Crippen molar-refractivity contribution in [3.8, 4) is 0 Å². The van der Waals surface area contributed by atoms with Gasteiger partial charge in [0, 0.05) is 11.8 Å². The Morgan fingerprint density at radius 3 is 2.72 bits per heavy atom. The highest BCUT2D eigenvalue weighted by molar-refractivity contribution is 5.76. The Balaban J connectivity index is 1.89. The summed E-state index contributed by atoms with van der Waals surface area (Å²) in [5, 5.41) is 0. The molecule has 0 radical (unpaired) electrons. The van der Waals surface area contributed by atoms with Crippen LogP contribution < -0.4 is 0 Å². The van der Waals surface area contributed by atoms with Gasteiger partial charge in [0.05, 0.1) is 5.92 Å². The van der Waals surface area contributed by atoms with E-state index in [0.717, 1.165) is 25.0 Å². The summed E-state index contributed by atoms with van der Waals surface area (Å²) in [5.74, 6) is 1.91. The van der Waals surface area contributed by atoms with Gasteiger partial charge in [-0.25, -0.2) is 0 Å². The van der Waals surface area contributed by atoms with Crippen LogP contribution in [0.25, 0.3) is 0 Å². The van der Waals surface area contributed by atoms with E-state index in [1.54, 1.807) is 0 Å². The second-order valence-corrected chi connectivity index (χ2v) is 6.62. The maximum absolute atomic E-state index is 11.9. The molecule has 3 heteroatoms. The van der Waals surface area contributed by atoms with Crippen molar-refractivity contribution in [3.63, 3.8) is 0 Å². The van der Waals surface area contributed by atoms with E-state index < -0.39 is 0 Å². The molecule has 2 saturated carbocycles. The van der Waals surface area contributed by atoms with E-state index in [0.29, 0.717) is 11.8 Å². The molecule has 3 fully saturated rings. The third-order valence-corrected chi connectivity index (χ3v) is 5.57. The molecule has 0 amide bonds. The van der Waals surface area contributed by atoms with Crippen molar-refractivity contribution >= 4 is 12.3 Å². The Kier molecular flexibility index (Phi) is 2.95. The first-order valence-corrected chi connectivity index (χ1v) is 7.27. The fourth-order valence-electron chi connectivity index (χ4n) is 4.77. The minimum absolute atomic E-state index is 0.0123. The number of hydrogen-bond donors (Lipinski definition) is 0. The van der Waals surface area contributed by atoms with Gasteiger partial charge in [-0.05, 0) is 43.9 Å². The molecular formula is C15H22O3. The molecular weight excluding hydrogens is 228 g/mol. The van der Waals surface area contributed by atoms with Crippen molar-refractivity contribution in [1.82, 2.24) is 0 Å². The van der Waals surface area contributed by atoms with Crippen molar-refractivity contribution in [1.29, 1.82) is 0 Å². The molecule has 1 heterocycles. The average Bonchev–Trinajstić information content (AvgIpc) is 2.62. The third-order valence-electron chi connectivity index (χ3n) is 5.57. The van der Waals surface area contributed by atoms with Crippen LogP contribution in [0, 0.1) is 35.5 Å². The average molecular weight is 250 g/mol. The highest BCUT2D eigenvalue weighted by Gasteiger charge is 2.54. The molecule has 3 aliphatic rings. The quantitative estimate of drug-likeness (QED) is 0.530. The van der Waals surface area contributed by atoms with E-state index >= 15 is 0 Å². The fraction of sp³-hybridized carbons (Fsp3) is 0.867.